The Labute approximate surface area is 153 Å². The third kappa shape index (κ3) is 3.07. The van der Waals surface area contributed by atoms with Crippen LogP contribution in [0, 0.1) is 19.8 Å². The van der Waals surface area contributed by atoms with Crippen molar-refractivity contribution in [2.75, 3.05) is 0 Å². The number of sulfonamides is 1. The zero-order valence-corrected chi connectivity index (χ0v) is 16.2. The van der Waals surface area contributed by atoms with Crippen molar-refractivity contribution in [3.8, 4) is 0 Å². The Kier molecular flexibility index (Phi) is 4.18. The molecule has 2 aromatic rings. The standard InChI is InChI=1S/C17H25N5O3S/c1-11-10-15(22(19-11)14-6-4-5-7-14)26(23,24)21-17(3,13-8-9-13)16-18-12(2)25-20-16/h10,13-14,21H,4-9H2,1-3H3. The summed E-state index contributed by atoms with van der Waals surface area (Å²) in [6.07, 6.45) is 6.03. The lowest BCUT2D eigenvalue weighted by Crippen LogP contribution is -2.46. The maximum atomic E-state index is 13.3. The number of nitrogens with one attached hydrogen (secondary N) is 1. The van der Waals surface area contributed by atoms with Crippen LogP contribution in [0.2, 0.25) is 0 Å². The largest absolute Gasteiger partial charge is 0.340 e. The van der Waals surface area contributed by atoms with Gasteiger partial charge in [-0.15, -0.1) is 0 Å². The van der Waals surface area contributed by atoms with Crippen LogP contribution < -0.4 is 4.72 Å². The van der Waals surface area contributed by atoms with Crippen molar-refractivity contribution >= 4 is 10.0 Å². The van der Waals surface area contributed by atoms with E-state index in [0.29, 0.717) is 17.4 Å². The van der Waals surface area contributed by atoms with Crippen LogP contribution in [0.3, 0.4) is 0 Å². The molecule has 0 radical (unpaired) electrons. The monoisotopic (exact) mass is 379 g/mol. The van der Waals surface area contributed by atoms with Gasteiger partial charge in [-0.05, 0) is 51.5 Å². The van der Waals surface area contributed by atoms with Gasteiger partial charge in [-0.3, -0.25) is 0 Å². The Bertz CT molecular complexity index is 909. The number of aryl methyl sites for hydroxylation is 2. The van der Waals surface area contributed by atoms with Gasteiger partial charge in [0.15, 0.2) is 10.9 Å². The average molecular weight is 379 g/mol. The fraction of sp³-hybridized carbons (Fsp3) is 0.706. The molecule has 4 rings (SSSR count). The van der Waals surface area contributed by atoms with Crippen molar-refractivity contribution in [1.82, 2.24) is 24.6 Å². The van der Waals surface area contributed by atoms with Crippen LogP contribution in [0.25, 0.3) is 0 Å². The summed E-state index contributed by atoms with van der Waals surface area (Å²) in [5.74, 6) is 0.987. The van der Waals surface area contributed by atoms with Crippen LogP contribution in [0.4, 0.5) is 0 Å². The molecular formula is C17H25N5O3S. The molecule has 26 heavy (non-hydrogen) atoms. The summed E-state index contributed by atoms with van der Waals surface area (Å²) < 4.78 is 36.3. The third-order valence-electron chi connectivity index (χ3n) is 5.50. The van der Waals surface area contributed by atoms with Gasteiger partial charge < -0.3 is 4.52 Å². The fourth-order valence-corrected chi connectivity index (χ4v) is 5.60. The van der Waals surface area contributed by atoms with E-state index in [1.807, 2.05) is 13.8 Å². The number of hydrogen-bond acceptors (Lipinski definition) is 6. The van der Waals surface area contributed by atoms with Crippen molar-refractivity contribution in [1.29, 1.82) is 0 Å². The highest BCUT2D eigenvalue weighted by molar-refractivity contribution is 7.89. The van der Waals surface area contributed by atoms with E-state index in [1.54, 1.807) is 17.7 Å². The normalized spacial score (nSPS) is 21.2. The zero-order valence-electron chi connectivity index (χ0n) is 15.4. The molecule has 9 heteroatoms. The molecule has 0 bridgehead atoms. The van der Waals surface area contributed by atoms with Crippen molar-refractivity contribution in [3.63, 3.8) is 0 Å². The first-order valence-electron chi connectivity index (χ1n) is 9.20. The molecule has 2 heterocycles. The van der Waals surface area contributed by atoms with E-state index in [1.165, 1.54) is 0 Å². The Morgan fingerprint density at radius 1 is 1.23 bits per heavy atom. The Morgan fingerprint density at radius 3 is 2.50 bits per heavy atom. The number of hydrogen-bond donors (Lipinski definition) is 1. The van der Waals surface area contributed by atoms with Gasteiger partial charge in [0, 0.05) is 6.92 Å². The molecule has 0 aromatic carbocycles. The predicted molar refractivity (Wildman–Crippen MR) is 93.9 cm³/mol. The van der Waals surface area contributed by atoms with Crippen LogP contribution >= 0.6 is 0 Å². The molecule has 2 fully saturated rings. The van der Waals surface area contributed by atoms with Crippen molar-refractivity contribution in [3.05, 3.63) is 23.5 Å². The van der Waals surface area contributed by atoms with E-state index in [9.17, 15) is 8.42 Å². The van der Waals surface area contributed by atoms with E-state index >= 15 is 0 Å². The Morgan fingerprint density at radius 2 is 1.92 bits per heavy atom. The molecule has 1 N–H and O–H groups in total. The quantitative estimate of drug-likeness (QED) is 0.827. The highest BCUT2D eigenvalue weighted by atomic mass is 32.2. The van der Waals surface area contributed by atoms with Crippen molar-refractivity contribution in [2.24, 2.45) is 5.92 Å². The summed E-state index contributed by atoms with van der Waals surface area (Å²) in [7, 11) is -3.78. The first kappa shape index (κ1) is 17.7. The van der Waals surface area contributed by atoms with Crippen molar-refractivity contribution in [2.45, 2.75) is 75.9 Å². The second kappa shape index (κ2) is 6.16. The van der Waals surface area contributed by atoms with Gasteiger partial charge in [-0.25, -0.2) is 13.1 Å². The van der Waals surface area contributed by atoms with Crippen LogP contribution in [-0.2, 0) is 15.6 Å². The Balaban J connectivity index is 1.70. The number of nitrogens with zero attached hydrogens (tertiary/aromatic N) is 4. The van der Waals surface area contributed by atoms with Crippen LogP contribution in [-0.4, -0.2) is 28.3 Å². The van der Waals surface area contributed by atoms with E-state index in [-0.39, 0.29) is 17.0 Å². The van der Waals surface area contributed by atoms with Gasteiger partial charge in [0.2, 0.25) is 5.89 Å². The summed E-state index contributed by atoms with van der Waals surface area (Å²) in [5.41, 5.74) is -0.171. The lowest BCUT2D eigenvalue weighted by Gasteiger charge is -2.27. The third-order valence-corrected chi connectivity index (χ3v) is 7.05. The van der Waals surface area contributed by atoms with Crippen molar-refractivity contribution < 1.29 is 12.9 Å². The molecule has 142 valence electrons. The minimum atomic E-state index is -3.78. The molecule has 0 amide bonds. The zero-order chi connectivity index (χ0) is 18.5. The first-order valence-corrected chi connectivity index (χ1v) is 10.7. The van der Waals surface area contributed by atoms with Gasteiger partial charge in [-0.2, -0.15) is 14.8 Å². The van der Waals surface area contributed by atoms with Gasteiger partial charge in [-0.1, -0.05) is 18.0 Å². The summed E-state index contributed by atoms with van der Waals surface area (Å²) in [6, 6.07) is 1.80. The predicted octanol–water partition coefficient (Wildman–Crippen LogP) is 2.60. The maximum absolute atomic E-state index is 13.3. The van der Waals surface area contributed by atoms with Gasteiger partial charge in [0.25, 0.3) is 10.0 Å². The SMILES string of the molecule is Cc1cc(S(=O)(=O)NC(C)(c2noc(C)n2)C2CC2)n(C2CCCC2)n1. The Hall–Kier alpha value is -1.74. The summed E-state index contributed by atoms with van der Waals surface area (Å²) in [5, 5.41) is 8.70. The van der Waals surface area contributed by atoms with Crippen LogP contribution in [0.15, 0.2) is 15.6 Å². The second-order valence-corrected chi connectivity index (χ2v) is 9.36. The van der Waals surface area contributed by atoms with E-state index in [4.69, 9.17) is 4.52 Å². The summed E-state index contributed by atoms with van der Waals surface area (Å²) in [6.45, 7) is 5.37. The molecular weight excluding hydrogens is 354 g/mol. The maximum Gasteiger partial charge on any atom is 0.258 e. The summed E-state index contributed by atoms with van der Waals surface area (Å²) in [4.78, 5) is 4.30. The lowest BCUT2D eigenvalue weighted by atomic mass is 9.97. The molecule has 0 saturated heterocycles. The molecule has 1 unspecified atom stereocenters. The molecule has 0 aliphatic heterocycles. The molecule has 2 aromatic heterocycles. The minimum Gasteiger partial charge on any atom is -0.340 e. The number of aromatic nitrogens is 4. The van der Waals surface area contributed by atoms with E-state index in [0.717, 1.165) is 38.5 Å². The minimum absolute atomic E-state index is 0.148. The highest BCUT2D eigenvalue weighted by Gasteiger charge is 2.49. The molecule has 2 aliphatic carbocycles. The second-order valence-electron chi connectivity index (χ2n) is 7.73. The molecule has 2 aliphatic rings. The fourth-order valence-electron chi connectivity index (χ4n) is 3.92. The lowest BCUT2D eigenvalue weighted by molar-refractivity contribution is 0.321. The highest BCUT2D eigenvalue weighted by Crippen LogP contribution is 2.45. The van der Waals surface area contributed by atoms with Gasteiger partial charge >= 0.3 is 0 Å². The van der Waals surface area contributed by atoms with Crippen LogP contribution in [0.1, 0.15) is 68.9 Å². The number of rotatable bonds is 6. The first-order chi connectivity index (χ1) is 12.3. The summed E-state index contributed by atoms with van der Waals surface area (Å²) >= 11 is 0. The molecule has 2 saturated carbocycles. The average Bonchev–Trinajstić information content (AvgIpc) is 2.97. The smallest absolute Gasteiger partial charge is 0.258 e. The molecule has 1 atom stereocenters. The van der Waals surface area contributed by atoms with Gasteiger partial charge in [0.05, 0.1) is 17.3 Å². The van der Waals surface area contributed by atoms with E-state index < -0.39 is 15.6 Å². The van der Waals surface area contributed by atoms with Gasteiger partial charge in [0.1, 0.15) is 0 Å². The topological polar surface area (TPSA) is 103 Å². The van der Waals surface area contributed by atoms with E-state index in [2.05, 4.69) is 20.0 Å². The molecule has 0 spiro atoms. The molecule has 8 nitrogen and oxygen atoms in total. The van der Waals surface area contributed by atoms with Crippen LogP contribution in [0.5, 0.6) is 0 Å².